The first kappa shape index (κ1) is 14.5. The Hall–Kier alpha value is -0.870. The van der Waals surface area contributed by atoms with Gasteiger partial charge in [-0.05, 0) is 43.5 Å². The van der Waals surface area contributed by atoms with Crippen molar-refractivity contribution in [3.05, 3.63) is 34.3 Å². The topological polar surface area (TPSA) is 41.1 Å². The molecule has 1 aliphatic heterocycles. The highest BCUT2D eigenvalue weighted by Gasteiger charge is 2.37. The van der Waals surface area contributed by atoms with E-state index in [2.05, 4.69) is 33.5 Å². The number of carbonyl (C=O) groups excluding carboxylic acids is 1. The summed E-state index contributed by atoms with van der Waals surface area (Å²) in [6.45, 7) is 4.53. The first-order chi connectivity index (χ1) is 9.16. The van der Waals surface area contributed by atoms with Crippen molar-refractivity contribution in [1.82, 2.24) is 10.6 Å². The fraction of sp³-hybridized carbons (Fsp3) is 0.533. The molecular formula is C15H21BrN2O. The highest BCUT2D eigenvalue weighted by molar-refractivity contribution is 9.10. The minimum atomic E-state index is -0.218. The fourth-order valence-corrected chi connectivity index (χ4v) is 3.09. The van der Waals surface area contributed by atoms with Gasteiger partial charge in [-0.25, -0.2) is 0 Å². The van der Waals surface area contributed by atoms with Crippen LogP contribution in [-0.4, -0.2) is 19.0 Å². The largest absolute Gasteiger partial charge is 0.352 e. The number of benzene rings is 1. The van der Waals surface area contributed by atoms with Crippen molar-refractivity contribution in [3.63, 3.8) is 0 Å². The van der Waals surface area contributed by atoms with Crippen LogP contribution in [0.15, 0.2) is 28.7 Å². The molecule has 19 heavy (non-hydrogen) atoms. The van der Waals surface area contributed by atoms with Gasteiger partial charge in [-0.1, -0.05) is 35.0 Å². The molecule has 1 aromatic carbocycles. The highest BCUT2D eigenvalue weighted by atomic mass is 79.9. The SMILES string of the molecule is CCC1(C(=O)NCc2cccc(Br)c2)CCCNC1. The quantitative estimate of drug-likeness (QED) is 0.894. The van der Waals surface area contributed by atoms with Gasteiger partial charge in [0.1, 0.15) is 0 Å². The van der Waals surface area contributed by atoms with Crippen LogP contribution in [0.5, 0.6) is 0 Å². The van der Waals surface area contributed by atoms with Gasteiger partial charge >= 0.3 is 0 Å². The van der Waals surface area contributed by atoms with E-state index in [4.69, 9.17) is 0 Å². The highest BCUT2D eigenvalue weighted by Crippen LogP contribution is 2.30. The average Bonchev–Trinajstić information content (AvgIpc) is 2.45. The van der Waals surface area contributed by atoms with Crippen LogP contribution >= 0.6 is 15.9 Å². The van der Waals surface area contributed by atoms with E-state index in [1.165, 1.54) is 0 Å². The summed E-state index contributed by atoms with van der Waals surface area (Å²) in [4.78, 5) is 12.4. The maximum atomic E-state index is 12.4. The molecule has 0 aromatic heterocycles. The third-order valence-electron chi connectivity index (χ3n) is 3.97. The van der Waals surface area contributed by atoms with Gasteiger partial charge in [-0.3, -0.25) is 4.79 Å². The van der Waals surface area contributed by atoms with Crippen molar-refractivity contribution < 1.29 is 4.79 Å². The lowest BCUT2D eigenvalue weighted by atomic mass is 9.77. The lowest BCUT2D eigenvalue weighted by molar-refractivity contribution is -0.132. The number of carbonyl (C=O) groups is 1. The lowest BCUT2D eigenvalue weighted by Gasteiger charge is -2.35. The van der Waals surface area contributed by atoms with Gasteiger partial charge in [-0.15, -0.1) is 0 Å². The minimum absolute atomic E-state index is 0.183. The Balaban J connectivity index is 1.96. The smallest absolute Gasteiger partial charge is 0.227 e. The van der Waals surface area contributed by atoms with Gasteiger partial charge in [0.15, 0.2) is 0 Å². The molecule has 104 valence electrons. The number of amides is 1. The first-order valence-electron chi connectivity index (χ1n) is 6.90. The number of halogens is 1. The minimum Gasteiger partial charge on any atom is -0.352 e. The van der Waals surface area contributed by atoms with Crippen LogP contribution < -0.4 is 10.6 Å². The predicted molar refractivity (Wildman–Crippen MR) is 80.8 cm³/mol. The lowest BCUT2D eigenvalue weighted by Crippen LogP contribution is -2.50. The molecule has 4 heteroatoms. The van der Waals surface area contributed by atoms with Crippen LogP contribution in [0.1, 0.15) is 31.7 Å². The normalized spacial score (nSPS) is 23.1. The summed E-state index contributed by atoms with van der Waals surface area (Å²) in [6, 6.07) is 8.05. The molecule has 0 aliphatic carbocycles. The van der Waals surface area contributed by atoms with Gasteiger partial charge in [0.25, 0.3) is 0 Å². The molecule has 1 heterocycles. The molecule has 0 radical (unpaired) electrons. The Morgan fingerprint density at radius 3 is 3.00 bits per heavy atom. The van der Waals surface area contributed by atoms with Gasteiger partial charge < -0.3 is 10.6 Å². The molecular weight excluding hydrogens is 304 g/mol. The molecule has 1 atom stereocenters. The van der Waals surface area contributed by atoms with Crippen molar-refractivity contribution >= 4 is 21.8 Å². The molecule has 2 N–H and O–H groups in total. The predicted octanol–water partition coefficient (Wildman–Crippen LogP) is 2.85. The third kappa shape index (κ3) is 3.57. The maximum absolute atomic E-state index is 12.4. The Kier molecular flexibility index (Phi) is 4.99. The van der Waals surface area contributed by atoms with Gasteiger partial charge in [-0.2, -0.15) is 0 Å². The van der Waals surface area contributed by atoms with Crippen LogP contribution in [0.2, 0.25) is 0 Å². The second kappa shape index (κ2) is 6.53. The summed E-state index contributed by atoms with van der Waals surface area (Å²) in [5.74, 6) is 0.183. The van der Waals surface area contributed by atoms with Crippen molar-refractivity contribution in [2.24, 2.45) is 5.41 Å². The van der Waals surface area contributed by atoms with Crippen molar-refractivity contribution in [2.45, 2.75) is 32.7 Å². The molecule has 1 saturated heterocycles. The summed E-state index contributed by atoms with van der Waals surface area (Å²) in [7, 11) is 0. The zero-order valence-corrected chi connectivity index (χ0v) is 12.9. The standard InChI is InChI=1S/C15H21BrN2O/c1-2-15(7-4-8-17-11-15)14(19)18-10-12-5-3-6-13(16)9-12/h3,5-6,9,17H,2,4,7-8,10-11H2,1H3,(H,18,19). The van der Waals surface area contributed by atoms with Gasteiger partial charge in [0.2, 0.25) is 5.91 Å². The molecule has 1 unspecified atom stereocenters. The molecule has 0 bridgehead atoms. The summed E-state index contributed by atoms with van der Waals surface area (Å²) < 4.78 is 1.05. The number of piperidine rings is 1. The monoisotopic (exact) mass is 324 g/mol. The third-order valence-corrected chi connectivity index (χ3v) is 4.47. The summed E-state index contributed by atoms with van der Waals surface area (Å²) in [5, 5.41) is 6.43. The summed E-state index contributed by atoms with van der Waals surface area (Å²) >= 11 is 3.45. The zero-order valence-electron chi connectivity index (χ0n) is 11.3. The Labute approximate surface area is 123 Å². The van der Waals surface area contributed by atoms with Crippen LogP contribution in [-0.2, 0) is 11.3 Å². The number of nitrogens with one attached hydrogen (secondary N) is 2. The first-order valence-corrected chi connectivity index (χ1v) is 7.69. The molecule has 0 saturated carbocycles. The molecule has 1 fully saturated rings. The second-order valence-corrected chi connectivity index (χ2v) is 6.14. The average molecular weight is 325 g/mol. The summed E-state index contributed by atoms with van der Waals surface area (Å²) in [5.41, 5.74) is 0.905. The van der Waals surface area contributed by atoms with E-state index in [1.807, 2.05) is 24.3 Å². The van der Waals surface area contributed by atoms with Crippen molar-refractivity contribution in [3.8, 4) is 0 Å². The molecule has 3 nitrogen and oxygen atoms in total. The molecule has 2 rings (SSSR count). The fourth-order valence-electron chi connectivity index (χ4n) is 2.64. The van der Waals surface area contributed by atoms with Crippen LogP contribution in [0.4, 0.5) is 0 Å². The van der Waals surface area contributed by atoms with E-state index >= 15 is 0 Å². The Bertz CT molecular complexity index is 442. The van der Waals surface area contributed by atoms with Crippen LogP contribution in [0.25, 0.3) is 0 Å². The van der Waals surface area contributed by atoms with Gasteiger partial charge in [0.05, 0.1) is 5.41 Å². The number of hydrogen-bond acceptors (Lipinski definition) is 2. The van der Waals surface area contributed by atoms with E-state index in [9.17, 15) is 4.79 Å². The maximum Gasteiger partial charge on any atom is 0.227 e. The van der Waals surface area contributed by atoms with E-state index in [1.54, 1.807) is 0 Å². The van der Waals surface area contributed by atoms with E-state index in [0.717, 1.165) is 42.4 Å². The van der Waals surface area contributed by atoms with E-state index in [-0.39, 0.29) is 11.3 Å². The van der Waals surface area contributed by atoms with Crippen LogP contribution in [0.3, 0.4) is 0 Å². The summed E-state index contributed by atoms with van der Waals surface area (Å²) in [6.07, 6.45) is 2.96. The second-order valence-electron chi connectivity index (χ2n) is 5.23. The zero-order chi connectivity index (χ0) is 13.7. The molecule has 0 spiro atoms. The van der Waals surface area contributed by atoms with Crippen molar-refractivity contribution in [2.75, 3.05) is 13.1 Å². The van der Waals surface area contributed by atoms with Gasteiger partial charge in [0, 0.05) is 17.6 Å². The number of hydrogen-bond donors (Lipinski definition) is 2. The molecule has 1 aliphatic rings. The number of rotatable bonds is 4. The van der Waals surface area contributed by atoms with E-state index in [0.29, 0.717) is 6.54 Å². The van der Waals surface area contributed by atoms with E-state index < -0.39 is 0 Å². The Morgan fingerprint density at radius 2 is 2.37 bits per heavy atom. The molecule has 1 amide bonds. The molecule has 1 aromatic rings. The van der Waals surface area contributed by atoms with Crippen LogP contribution in [0, 0.1) is 5.41 Å². The Morgan fingerprint density at radius 1 is 1.53 bits per heavy atom. The van der Waals surface area contributed by atoms with Crippen molar-refractivity contribution in [1.29, 1.82) is 0 Å².